The molecule has 0 fully saturated rings. The Morgan fingerprint density at radius 1 is 1.19 bits per heavy atom. The van der Waals surface area contributed by atoms with Gasteiger partial charge in [-0.1, -0.05) is 18.2 Å². The highest BCUT2D eigenvalue weighted by Crippen LogP contribution is 2.36. The molecule has 1 atom stereocenters. The lowest BCUT2D eigenvalue weighted by Crippen LogP contribution is -2.40. The number of carbonyl (C=O) groups excluding carboxylic acids is 2. The maximum absolute atomic E-state index is 13.7. The van der Waals surface area contributed by atoms with Crippen LogP contribution >= 0.6 is 11.3 Å². The van der Waals surface area contributed by atoms with Gasteiger partial charge in [-0.25, -0.2) is 9.18 Å². The molecule has 0 spiro atoms. The maximum Gasteiger partial charge on any atom is 0.332 e. The van der Waals surface area contributed by atoms with E-state index < -0.39 is 29.2 Å². The Bertz CT molecular complexity index is 1660. The summed E-state index contributed by atoms with van der Waals surface area (Å²) < 4.78 is 19.5. The van der Waals surface area contributed by atoms with Crippen molar-refractivity contribution in [2.45, 2.75) is 19.8 Å². The molecule has 0 bridgehead atoms. The summed E-state index contributed by atoms with van der Waals surface area (Å²) in [5, 5.41) is 12.8. The number of thiazole rings is 1. The first-order valence-electron chi connectivity index (χ1n) is 10.8. The van der Waals surface area contributed by atoms with Crippen molar-refractivity contribution in [2.24, 2.45) is 5.73 Å². The number of fused-ring (bicyclic) bond motifs is 1. The molecule has 1 amide bonds. The first kappa shape index (κ1) is 24.6. The zero-order valence-electron chi connectivity index (χ0n) is 19.6. The van der Waals surface area contributed by atoms with Crippen molar-refractivity contribution in [1.29, 1.82) is 5.26 Å². The highest BCUT2D eigenvalue weighted by molar-refractivity contribution is 7.07. The number of ether oxygens (including phenoxy) is 1. The summed E-state index contributed by atoms with van der Waals surface area (Å²) in [6.07, 6.45) is 1.00. The van der Waals surface area contributed by atoms with Gasteiger partial charge < -0.3 is 15.8 Å². The minimum absolute atomic E-state index is 0.0201. The Morgan fingerprint density at radius 2 is 1.89 bits per heavy atom. The van der Waals surface area contributed by atoms with Gasteiger partial charge in [0.2, 0.25) is 0 Å². The van der Waals surface area contributed by atoms with Crippen molar-refractivity contribution in [3.8, 4) is 6.07 Å². The molecule has 0 saturated carbocycles. The van der Waals surface area contributed by atoms with Gasteiger partial charge in [0.1, 0.15) is 20.8 Å². The number of nitrogens with one attached hydrogen (secondary N) is 1. The number of allylic oxidation sites excluding steroid dienone is 1. The normalized spacial score (nSPS) is 15.4. The molecule has 0 aliphatic carbocycles. The number of amides is 1. The Labute approximate surface area is 209 Å². The van der Waals surface area contributed by atoms with E-state index in [0.717, 1.165) is 33.1 Å². The van der Waals surface area contributed by atoms with Gasteiger partial charge in [0.15, 0.2) is 0 Å². The molecule has 36 heavy (non-hydrogen) atoms. The second-order valence-corrected chi connectivity index (χ2v) is 9.17. The zero-order chi connectivity index (χ0) is 26.1. The molecule has 8 nitrogen and oxygen atoms in total. The van der Waals surface area contributed by atoms with Crippen molar-refractivity contribution >= 4 is 46.4 Å². The van der Waals surface area contributed by atoms with Crippen LogP contribution in [0.4, 0.5) is 10.1 Å². The van der Waals surface area contributed by atoms with Gasteiger partial charge in [-0.15, -0.1) is 11.3 Å². The van der Waals surface area contributed by atoms with Crippen molar-refractivity contribution in [1.82, 2.24) is 4.57 Å². The maximum atomic E-state index is 13.7. The third kappa shape index (κ3) is 4.32. The monoisotopic (exact) mass is 504 g/mol. The fraction of sp³-hybridized carbons (Fsp3) is 0.154. The lowest BCUT2D eigenvalue weighted by atomic mass is 9.83. The number of methoxy groups -OCH3 is 1. The molecule has 10 heteroatoms. The molecule has 1 aromatic heterocycles. The zero-order valence-corrected chi connectivity index (χ0v) is 20.4. The minimum Gasteiger partial charge on any atom is -0.466 e. The predicted octanol–water partition coefficient (Wildman–Crippen LogP) is 1.86. The van der Waals surface area contributed by atoms with Gasteiger partial charge >= 0.3 is 5.97 Å². The van der Waals surface area contributed by atoms with E-state index in [9.17, 15) is 24.0 Å². The number of benzene rings is 2. The first-order valence-corrected chi connectivity index (χ1v) is 11.6. The van der Waals surface area contributed by atoms with Gasteiger partial charge in [0.05, 0.1) is 30.2 Å². The van der Waals surface area contributed by atoms with Gasteiger partial charge in [-0.3, -0.25) is 14.2 Å². The Morgan fingerprint density at radius 3 is 2.50 bits per heavy atom. The third-order valence-corrected chi connectivity index (χ3v) is 7.04. The van der Waals surface area contributed by atoms with Gasteiger partial charge in [0, 0.05) is 11.8 Å². The average molecular weight is 505 g/mol. The molecule has 4 rings (SSSR count). The Hall–Kier alpha value is -4.49. The topological polar surface area (TPSA) is 127 Å². The first-order chi connectivity index (χ1) is 17.2. The van der Waals surface area contributed by atoms with E-state index in [2.05, 4.69) is 10.1 Å². The van der Waals surface area contributed by atoms with Crippen LogP contribution in [-0.2, 0) is 14.3 Å². The van der Waals surface area contributed by atoms with Crippen LogP contribution in [0.15, 0.2) is 52.8 Å². The summed E-state index contributed by atoms with van der Waals surface area (Å²) in [5.41, 5.74) is 8.57. The van der Waals surface area contributed by atoms with Crippen LogP contribution in [-0.4, -0.2) is 23.6 Å². The molecular weight excluding hydrogens is 483 g/mol. The molecule has 0 saturated heterocycles. The van der Waals surface area contributed by atoms with Gasteiger partial charge in [-0.2, -0.15) is 5.26 Å². The van der Waals surface area contributed by atoms with E-state index in [4.69, 9.17) is 5.73 Å². The second-order valence-electron chi connectivity index (χ2n) is 8.14. The van der Waals surface area contributed by atoms with Crippen LogP contribution in [0, 0.1) is 31.0 Å². The number of aromatic nitrogens is 1. The lowest BCUT2D eigenvalue weighted by Gasteiger charge is -2.25. The van der Waals surface area contributed by atoms with E-state index in [1.54, 1.807) is 12.1 Å². The number of halogens is 1. The summed E-state index contributed by atoms with van der Waals surface area (Å²) in [6.45, 7) is 3.85. The van der Waals surface area contributed by atoms with Crippen LogP contribution in [0.3, 0.4) is 0 Å². The van der Waals surface area contributed by atoms with Gasteiger partial charge in [0.25, 0.3) is 11.5 Å². The molecule has 2 aromatic carbocycles. The highest BCUT2D eigenvalue weighted by atomic mass is 32.1. The third-order valence-electron chi connectivity index (χ3n) is 5.93. The molecule has 182 valence electrons. The Kier molecular flexibility index (Phi) is 6.59. The number of aryl methyl sites for hydroxylation is 2. The minimum atomic E-state index is -0.980. The SMILES string of the molecule is COC(=O)/C=c1\sc2n(c1=O)C(N)=C(C#N)C(c1ccc(F)cc1)C=2C(=O)Nc1ccc(C)c(C)c1. The predicted molar refractivity (Wildman–Crippen MR) is 134 cm³/mol. The molecular formula is C26H21FN4O4S. The molecule has 1 aliphatic heterocycles. The average Bonchev–Trinajstić information content (AvgIpc) is 3.17. The smallest absolute Gasteiger partial charge is 0.332 e. The van der Waals surface area contributed by atoms with Crippen LogP contribution in [0.25, 0.3) is 17.5 Å². The quantitative estimate of drug-likeness (QED) is 0.522. The van der Waals surface area contributed by atoms with E-state index in [1.165, 1.54) is 31.4 Å². The van der Waals surface area contributed by atoms with Crippen LogP contribution in [0.2, 0.25) is 0 Å². The fourth-order valence-corrected chi connectivity index (χ4v) is 5.07. The summed E-state index contributed by atoms with van der Waals surface area (Å²) in [6, 6.07) is 12.8. The van der Waals surface area contributed by atoms with Crippen molar-refractivity contribution in [3.63, 3.8) is 0 Å². The number of rotatable bonds is 4. The number of nitrogens with two attached hydrogens (primary N) is 1. The van der Waals surface area contributed by atoms with Crippen molar-refractivity contribution < 1.29 is 18.7 Å². The van der Waals surface area contributed by atoms with Crippen LogP contribution in [0.5, 0.6) is 0 Å². The summed E-state index contributed by atoms with van der Waals surface area (Å²) >= 11 is 0.875. The van der Waals surface area contributed by atoms with E-state index in [0.29, 0.717) is 11.3 Å². The molecule has 1 aliphatic rings. The number of anilines is 1. The number of nitriles is 1. The highest BCUT2D eigenvalue weighted by Gasteiger charge is 2.35. The number of hydrogen-bond acceptors (Lipinski definition) is 7. The number of nitrogens with zero attached hydrogens (tertiary/aromatic N) is 2. The number of carbonyl (C=O) groups is 2. The molecule has 3 N–H and O–H groups in total. The summed E-state index contributed by atoms with van der Waals surface area (Å²) in [4.78, 5) is 38.7. The molecule has 3 aromatic rings. The van der Waals surface area contributed by atoms with Crippen LogP contribution < -0.4 is 25.8 Å². The number of esters is 1. The fourth-order valence-electron chi connectivity index (χ4n) is 3.94. The summed E-state index contributed by atoms with van der Waals surface area (Å²) in [7, 11) is 1.17. The van der Waals surface area contributed by atoms with E-state index in [1.807, 2.05) is 26.0 Å². The largest absolute Gasteiger partial charge is 0.466 e. The van der Waals surface area contributed by atoms with Crippen molar-refractivity contribution in [2.75, 3.05) is 12.4 Å². The molecule has 1 unspecified atom stereocenters. The van der Waals surface area contributed by atoms with Crippen molar-refractivity contribution in [3.05, 3.63) is 90.1 Å². The standard InChI is InChI=1S/C26H21FN4O4S/c1-13-4-9-17(10-14(13)2)30-24(33)22-21(15-5-7-16(27)8-6-15)18(12-28)23(29)31-25(34)19(36-26(22)31)11-20(32)35-3/h4-11,21H,29H2,1-3H3,(H,30,33)/b19-11-. The second kappa shape index (κ2) is 9.64. The van der Waals surface area contributed by atoms with E-state index in [-0.39, 0.29) is 26.2 Å². The lowest BCUT2D eigenvalue weighted by molar-refractivity contribution is -0.133. The van der Waals surface area contributed by atoms with E-state index >= 15 is 0 Å². The number of hydrogen-bond donors (Lipinski definition) is 2. The van der Waals surface area contributed by atoms with Crippen LogP contribution in [0.1, 0.15) is 22.6 Å². The Balaban J connectivity index is 2.04. The molecule has 0 radical (unpaired) electrons. The van der Waals surface area contributed by atoms with Gasteiger partial charge in [-0.05, 0) is 54.8 Å². The molecule has 2 heterocycles. The summed E-state index contributed by atoms with van der Waals surface area (Å²) in [5.74, 6) is -2.98.